The lowest BCUT2D eigenvalue weighted by Gasteiger charge is -2.35. The minimum absolute atomic E-state index is 0.0771. The Hall–Kier alpha value is -0.970. The van der Waals surface area contributed by atoms with Crippen molar-refractivity contribution in [2.45, 2.75) is 44.3 Å². The second-order valence-electron chi connectivity index (χ2n) is 5.13. The summed E-state index contributed by atoms with van der Waals surface area (Å²) in [7, 11) is 0. The summed E-state index contributed by atoms with van der Waals surface area (Å²) in [6.45, 7) is 4.60. The molecular formula is C13H20N2O2S. The fraction of sp³-hybridized carbons (Fsp3) is 0.692. The van der Waals surface area contributed by atoms with Gasteiger partial charge in [0.2, 0.25) is 0 Å². The Morgan fingerprint density at radius 1 is 1.56 bits per heavy atom. The van der Waals surface area contributed by atoms with Crippen molar-refractivity contribution in [2.75, 3.05) is 5.75 Å². The van der Waals surface area contributed by atoms with Gasteiger partial charge in [0.15, 0.2) is 5.16 Å². The fourth-order valence-corrected chi connectivity index (χ4v) is 3.47. The SMILES string of the molecule is CC1CCCC(n2ccnc2SCC(=O)O)C1C. The first-order valence-corrected chi connectivity index (χ1v) is 7.45. The molecule has 1 aromatic rings. The minimum atomic E-state index is -0.792. The van der Waals surface area contributed by atoms with Gasteiger partial charge < -0.3 is 9.67 Å². The molecule has 1 aromatic heterocycles. The van der Waals surface area contributed by atoms with Gasteiger partial charge in [-0.25, -0.2) is 4.98 Å². The molecule has 0 saturated heterocycles. The molecule has 4 nitrogen and oxygen atoms in total. The molecule has 3 atom stereocenters. The first kappa shape index (κ1) is 13.5. The third-order valence-corrected chi connectivity index (χ3v) is 4.94. The van der Waals surface area contributed by atoms with E-state index in [0.717, 1.165) is 11.1 Å². The lowest BCUT2D eigenvalue weighted by atomic mass is 9.78. The van der Waals surface area contributed by atoms with Gasteiger partial charge in [0.25, 0.3) is 0 Å². The van der Waals surface area contributed by atoms with E-state index in [-0.39, 0.29) is 5.75 Å². The smallest absolute Gasteiger partial charge is 0.313 e. The molecule has 18 heavy (non-hydrogen) atoms. The van der Waals surface area contributed by atoms with Gasteiger partial charge in [0.1, 0.15) is 0 Å². The molecule has 0 aromatic carbocycles. The number of aromatic nitrogens is 2. The van der Waals surface area contributed by atoms with Crippen LogP contribution in [0.15, 0.2) is 17.6 Å². The number of carboxylic acids is 1. The van der Waals surface area contributed by atoms with E-state index < -0.39 is 5.97 Å². The van der Waals surface area contributed by atoms with Gasteiger partial charge in [-0.2, -0.15) is 0 Å². The van der Waals surface area contributed by atoms with E-state index in [1.807, 2.05) is 6.20 Å². The molecule has 1 fully saturated rings. The third-order valence-electron chi connectivity index (χ3n) is 3.98. The van der Waals surface area contributed by atoms with Gasteiger partial charge in [-0.05, 0) is 18.3 Å². The van der Waals surface area contributed by atoms with Crippen molar-refractivity contribution >= 4 is 17.7 Å². The summed E-state index contributed by atoms with van der Waals surface area (Å²) < 4.78 is 2.17. The largest absolute Gasteiger partial charge is 0.481 e. The summed E-state index contributed by atoms with van der Waals surface area (Å²) >= 11 is 1.31. The number of carboxylic acid groups (broad SMARTS) is 1. The highest BCUT2D eigenvalue weighted by Crippen LogP contribution is 2.39. The molecule has 0 spiro atoms. The summed E-state index contributed by atoms with van der Waals surface area (Å²) in [5, 5.41) is 9.59. The van der Waals surface area contributed by atoms with E-state index in [4.69, 9.17) is 5.11 Å². The quantitative estimate of drug-likeness (QED) is 0.853. The number of rotatable bonds is 4. The first-order valence-electron chi connectivity index (χ1n) is 6.47. The van der Waals surface area contributed by atoms with Crippen LogP contribution in [0.3, 0.4) is 0 Å². The summed E-state index contributed by atoms with van der Waals surface area (Å²) in [5.74, 6) is 0.633. The highest BCUT2D eigenvalue weighted by molar-refractivity contribution is 7.99. The molecule has 1 aliphatic rings. The Morgan fingerprint density at radius 2 is 2.33 bits per heavy atom. The van der Waals surface area contributed by atoms with Crippen molar-refractivity contribution in [1.82, 2.24) is 9.55 Å². The molecule has 5 heteroatoms. The lowest BCUT2D eigenvalue weighted by Crippen LogP contribution is -2.27. The zero-order chi connectivity index (χ0) is 13.1. The van der Waals surface area contributed by atoms with Crippen LogP contribution in [0.1, 0.15) is 39.2 Å². The van der Waals surface area contributed by atoms with Crippen LogP contribution in [0, 0.1) is 11.8 Å². The second kappa shape index (κ2) is 5.78. The Balaban J connectivity index is 2.12. The van der Waals surface area contributed by atoms with Crippen LogP contribution in [0.4, 0.5) is 0 Å². The molecule has 3 unspecified atom stereocenters. The van der Waals surface area contributed by atoms with Gasteiger partial charge in [-0.15, -0.1) is 0 Å². The lowest BCUT2D eigenvalue weighted by molar-refractivity contribution is -0.133. The van der Waals surface area contributed by atoms with Crippen LogP contribution in [0.2, 0.25) is 0 Å². The molecule has 1 aliphatic carbocycles. The van der Waals surface area contributed by atoms with Crippen molar-refractivity contribution in [2.24, 2.45) is 11.8 Å². The van der Waals surface area contributed by atoms with Gasteiger partial charge in [0.05, 0.1) is 5.75 Å². The van der Waals surface area contributed by atoms with E-state index in [0.29, 0.717) is 12.0 Å². The van der Waals surface area contributed by atoms with E-state index >= 15 is 0 Å². The number of carbonyl (C=O) groups is 1. The van der Waals surface area contributed by atoms with Crippen LogP contribution in [-0.2, 0) is 4.79 Å². The molecule has 2 rings (SSSR count). The normalized spacial score (nSPS) is 28.2. The van der Waals surface area contributed by atoms with Gasteiger partial charge in [-0.1, -0.05) is 38.5 Å². The predicted molar refractivity (Wildman–Crippen MR) is 71.8 cm³/mol. The number of thioether (sulfide) groups is 1. The zero-order valence-electron chi connectivity index (χ0n) is 10.9. The molecule has 1 heterocycles. The van der Waals surface area contributed by atoms with Crippen molar-refractivity contribution in [1.29, 1.82) is 0 Å². The fourth-order valence-electron chi connectivity index (χ4n) is 2.74. The van der Waals surface area contributed by atoms with Crippen molar-refractivity contribution in [3.8, 4) is 0 Å². The number of hydrogen-bond acceptors (Lipinski definition) is 3. The molecule has 100 valence electrons. The van der Waals surface area contributed by atoms with Gasteiger partial charge >= 0.3 is 5.97 Å². The minimum Gasteiger partial charge on any atom is -0.481 e. The Bertz CT molecular complexity index is 419. The van der Waals surface area contributed by atoms with Crippen LogP contribution < -0.4 is 0 Å². The second-order valence-corrected chi connectivity index (χ2v) is 6.08. The number of aliphatic carboxylic acids is 1. The summed E-state index contributed by atoms with van der Waals surface area (Å²) in [6.07, 6.45) is 7.48. The summed E-state index contributed by atoms with van der Waals surface area (Å²) in [6, 6.07) is 0.465. The Kier molecular flexibility index (Phi) is 4.32. The highest BCUT2D eigenvalue weighted by atomic mass is 32.2. The average molecular weight is 268 g/mol. The maximum Gasteiger partial charge on any atom is 0.313 e. The topological polar surface area (TPSA) is 55.1 Å². The Morgan fingerprint density at radius 3 is 3.06 bits per heavy atom. The van der Waals surface area contributed by atoms with Crippen LogP contribution >= 0.6 is 11.8 Å². The first-order chi connectivity index (χ1) is 8.59. The van der Waals surface area contributed by atoms with E-state index in [2.05, 4.69) is 23.4 Å². The standard InChI is InChI=1S/C13H20N2O2S/c1-9-4-3-5-11(10(9)2)15-7-6-14-13(15)18-8-12(16)17/h6-7,9-11H,3-5,8H2,1-2H3,(H,16,17). The van der Waals surface area contributed by atoms with E-state index in [9.17, 15) is 4.79 Å². The maximum atomic E-state index is 10.6. The van der Waals surface area contributed by atoms with E-state index in [1.165, 1.54) is 31.0 Å². The maximum absolute atomic E-state index is 10.6. The monoisotopic (exact) mass is 268 g/mol. The van der Waals surface area contributed by atoms with Crippen LogP contribution in [0.5, 0.6) is 0 Å². The molecule has 0 bridgehead atoms. The van der Waals surface area contributed by atoms with Crippen molar-refractivity contribution in [3.05, 3.63) is 12.4 Å². The molecule has 0 radical (unpaired) electrons. The average Bonchev–Trinajstić information content (AvgIpc) is 2.78. The molecule has 0 amide bonds. The molecule has 0 aliphatic heterocycles. The van der Waals surface area contributed by atoms with Crippen LogP contribution in [0.25, 0.3) is 0 Å². The molecular weight excluding hydrogens is 248 g/mol. The van der Waals surface area contributed by atoms with Crippen LogP contribution in [-0.4, -0.2) is 26.4 Å². The number of imidazole rings is 1. The number of nitrogens with zero attached hydrogens (tertiary/aromatic N) is 2. The van der Waals surface area contributed by atoms with E-state index in [1.54, 1.807) is 6.20 Å². The molecule has 1 N–H and O–H groups in total. The predicted octanol–water partition coefficient (Wildman–Crippen LogP) is 3.06. The van der Waals surface area contributed by atoms with Gasteiger partial charge in [-0.3, -0.25) is 4.79 Å². The Labute approximate surface area is 112 Å². The van der Waals surface area contributed by atoms with Crippen molar-refractivity contribution in [3.63, 3.8) is 0 Å². The summed E-state index contributed by atoms with van der Waals surface area (Å²) in [5.41, 5.74) is 0. The zero-order valence-corrected chi connectivity index (χ0v) is 11.7. The molecule has 1 saturated carbocycles. The number of hydrogen-bond donors (Lipinski definition) is 1. The third kappa shape index (κ3) is 2.88. The highest BCUT2D eigenvalue weighted by Gasteiger charge is 2.29. The van der Waals surface area contributed by atoms with Gasteiger partial charge in [0, 0.05) is 18.4 Å². The summed E-state index contributed by atoms with van der Waals surface area (Å²) in [4.78, 5) is 14.9. The van der Waals surface area contributed by atoms with Crippen molar-refractivity contribution < 1.29 is 9.90 Å².